The number of oxime groups is 1. The van der Waals surface area contributed by atoms with E-state index in [1.807, 2.05) is 0 Å². The van der Waals surface area contributed by atoms with Gasteiger partial charge in [0.05, 0.1) is 12.8 Å². The molecule has 0 bridgehead atoms. The third-order valence-corrected chi connectivity index (χ3v) is 2.51. The second-order valence-corrected chi connectivity index (χ2v) is 7.04. The molecule has 0 saturated carbocycles. The van der Waals surface area contributed by atoms with Crippen LogP contribution >= 0.6 is 21.2 Å². The van der Waals surface area contributed by atoms with E-state index in [1.165, 1.54) is 0 Å². The van der Waals surface area contributed by atoms with Crippen molar-refractivity contribution >= 4 is 34.2 Å². The van der Waals surface area contributed by atoms with Gasteiger partial charge in [0.1, 0.15) is 27.0 Å². The topological polar surface area (TPSA) is 65.0 Å². The minimum atomic E-state index is -3.58. The summed E-state index contributed by atoms with van der Waals surface area (Å²) in [5.41, 5.74) is 1.24. The summed E-state index contributed by atoms with van der Waals surface area (Å²) in [6.07, 6.45) is 0. The first-order valence-electron chi connectivity index (χ1n) is 4.24. The molecule has 0 atom stereocenters. The summed E-state index contributed by atoms with van der Waals surface area (Å²) in [6.45, 7) is 1.66. The number of hydrogen-bond donors (Lipinski definition) is 0. The second-order valence-electron chi connectivity index (χ2n) is 2.87. The molecular formula is C9H10INO4S. The summed E-state index contributed by atoms with van der Waals surface area (Å²) in [7, 11) is -2.01. The highest BCUT2D eigenvalue weighted by molar-refractivity contribution is 14.2. The quantitative estimate of drug-likeness (QED) is 0.359. The smallest absolute Gasteiger partial charge is 0.383 e. The Labute approximate surface area is 106 Å². The molecule has 7 heteroatoms. The minimum Gasteiger partial charge on any atom is -0.497 e. The van der Waals surface area contributed by atoms with Gasteiger partial charge in [-0.15, -0.1) is 0 Å². The maximum Gasteiger partial charge on any atom is 0.383 e. The van der Waals surface area contributed by atoms with Gasteiger partial charge in [-0.05, 0) is 36.8 Å². The van der Waals surface area contributed by atoms with Crippen LogP contribution in [0.1, 0.15) is 12.5 Å². The maximum absolute atomic E-state index is 10.7. The number of benzene rings is 1. The highest BCUT2D eigenvalue weighted by atomic mass is 127. The Morgan fingerprint density at radius 1 is 1.31 bits per heavy atom. The van der Waals surface area contributed by atoms with E-state index in [4.69, 9.17) is 4.74 Å². The van der Waals surface area contributed by atoms with Crippen LogP contribution in [0.4, 0.5) is 0 Å². The molecule has 0 aliphatic carbocycles. The number of halogens is 1. The minimum absolute atomic E-state index is 0.475. The van der Waals surface area contributed by atoms with E-state index in [9.17, 15) is 8.42 Å². The predicted molar refractivity (Wildman–Crippen MR) is 69.2 cm³/mol. The van der Waals surface area contributed by atoms with Crippen LogP contribution in [-0.4, -0.2) is 21.2 Å². The summed E-state index contributed by atoms with van der Waals surface area (Å²) in [6, 6.07) is 7.04. The van der Waals surface area contributed by atoms with Crippen molar-refractivity contribution in [2.45, 2.75) is 6.92 Å². The van der Waals surface area contributed by atoms with Crippen LogP contribution in [0.5, 0.6) is 5.75 Å². The Balaban J connectivity index is 2.84. The van der Waals surface area contributed by atoms with Gasteiger partial charge < -0.3 is 4.74 Å². The summed E-state index contributed by atoms with van der Waals surface area (Å²) in [4.78, 5) is 0. The van der Waals surface area contributed by atoms with Gasteiger partial charge in [-0.25, -0.2) is 0 Å². The highest BCUT2D eigenvalue weighted by Crippen LogP contribution is 2.13. The fourth-order valence-corrected chi connectivity index (χ4v) is 1.43. The molecule has 0 aliphatic heterocycles. The molecule has 0 saturated heterocycles. The van der Waals surface area contributed by atoms with Crippen molar-refractivity contribution in [2.24, 2.45) is 5.16 Å². The Hall–Kier alpha value is -0.830. The Kier molecular flexibility index (Phi) is 4.54. The number of nitrogens with zero attached hydrogens (tertiary/aromatic N) is 1. The molecule has 0 amide bonds. The van der Waals surface area contributed by atoms with E-state index >= 15 is 0 Å². The van der Waals surface area contributed by atoms with Crippen LogP contribution < -0.4 is 4.74 Å². The van der Waals surface area contributed by atoms with Crippen molar-refractivity contribution in [1.82, 2.24) is 0 Å². The highest BCUT2D eigenvalue weighted by Gasteiger charge is 2.04. The lowest BCUT2D eigenvalue weighted by molar-refractivity contribution is 0.353. The predicted octanol–water partition coefficient (Wildman–Crippen LogP) is 2.12. The third kappa shape index (κ3) is 4.35. The van der Waals surface area contributed by atoms with Crippen LogP contribution in [0.2, 0.25) is 0 Å². The first-order chi connectivity index (χ1) is 7.42. The van der Waals surface area contributed by atoms with E-state index in [0.717, 1.165) is 32.5 Å². The Bertz CT molecular complexity index is 481. The molecule has 0 unspecified atom stereocenters. The standard InChI is InChI=1S/C9H10INO4S/c1-7(11-15-16(10,12)13)8-3-5-9(14-2)6-4-8/h3-6H,1-2H3. The number of ether oxygens (including phenoxy) is 1. The van der Waals surface area contributed by atoms with E-state index in [2.05, 4.69) is 9.44 Å². The number of methoxy groups -OCH3 is 1. The fraction of sp³-hybridized carbons (Fsp3) is 0.222. The zero-order valence-electron chi connectivity index (χ0n) is 8.68. The van der Waals surface area contributed by atoms with Crippen molar-refractivity contribution in [3.63, 3.8) is 0 Å². The average molecular weight is 355 g/mol. The van der Waals surface area contributed by atoms with Gasteiger partial charge in [-0.1, -0.05) is 5.16 Å². The van der Waals surface area contributed by atoms with Crippen LogP contribution in [0.3, 0.4) is 0 Å². The van der Waals surface area contributed by atoms with Crippen molar-refractivity contribution in [1.29, 1.82) is 0 Å². The molecule has 0 spiro atoms. The van der Waals surface area contributed by atoms with E-state index in [0.29, 0.717) is 5.71 Å². The maximum atomic E-state index is 10.7. The zero-order valence-corrected chi connectivity index (χ0v) is 11.6. The van der Waals surface area contributed by atoms with Crippen LogP contribution in [-0.2, 0) is 11.6 Å². The van der Waals surface area contributed by atoms with Crippen LogP contribution in [0.25, 0.3) is 0 Å². The molecule has 0 aliphatic rings. The molecule has 1 aromatic rings. The van der Waals surface area contributed by atoms with Crippen LogP contribution in [0, 0.1) is 0 Å². The molecule has 1 aromatic carbocycles. The molecule has 1 rings (SSSR count). The van der Waals surface area contributed by atoms with Gasteiger partial charge >= 0.3 is 7.29 Å². The molecule has 0 aromatic heterocycles. The van der Waals surface area contributed by atoms with Crippen molar-refractivity contribution < 1.29 is 17.4 Å². The summed E-state index contributed by atoms with van der Waals surface area (Å²) >= 11 is 1.16. The van der Waals surface area contributed by atoms with Gasteiger partial charge in [0.2, 0.25) is 0 Å². The van der Waals surface area contributed by atoms with E-state index in [-0.39, 0.29) is 0 Å². The normalized spacial score (nSPS) is 12.3. The third-order valence-electron chi connectivity index (χ3n) is 1.77. The summed E-state index contributed by atoms with van der Waals surface area (Å²) in [5.74, 6) is 0.721. The SMILES string of the molecule is COc1ccc(C(C)=NOS(=O)(=O)I)cc1. The van der Waals surface area contributed by atoms with Gasteiger partial charge in [0.25, 0.3) is 0 Å². The molecule has 0 fully saturated rings. The van der Waals surface area contributed by atoms with Crippen molar-refractivity contribution in [3.8, 4) is 5.75 Å². The van der Waals surface area contributed by atoms with Gasteiger partial charge in [0.15, 0.2) is 0 Å². The van der Waals surface area contributed by atoms with Crippen molar-refractivity contribution in [2.75, 3.05) is 7.11 Å². The van der Waals surface area contributed by atoms with Gasteiger partial charge in [-0.3, -0.25) is 4.28 Å². The first kappa shape index (κ1) is 13.2. The lowest BCUT2D eigenvalue weighted by Gasteiger charge is -2.02. The van der Waals surface area contributed by atoms with Gasteiger partial charge in [-0.2, -0.15) is 8.42 Å². The first-order valence-corrected chi connectivity index (χ1v) is 8.20. The lowest BCUT2D eigenvalue weighted by atomic mass is 10.1. The Morgan fingerprint density at radius 3 is 2.31 bits per heavy atom. The Morgan fingerprint density at radius 2 is 1.88 bits per heavy atom. The lowest BCUT2D eigenvalue weighted by Crippen LogP contribution is -1.98. The fourth-order valence-electron chi connectivity index (χ4n) is 0.985. The second kappa shape index (κ2) is 5.48. The molecule has 5 nitrogen and oxygen atoms in total. The molecule has 88 valence electrons. The monoisotopic (exact) mass is 355 g/mol. The van der Waals surface area contributed by atoms with Crippen LogP contribution in [0.15, 0.2) is 29.4 Å². The zero-order chi connectivity index (χ0) is 12.2. The summed E-state index contributed by atoms with van der Waals surface area (Å²) in [5, 5.41) is 3.50. The van der Waals surface area contributed by atoms with E-state index < -0.39 is 7.29 Å². The molecular weight excluding hydrogens is 345 g/mol. The molecule has 0 heterocycles. The molecule has 0 N–H and O–H groups in total. The van der Waals surface area contributed by atoms with Gasteiger partial charge in [0, 0.05) is 0 Å². The van der Waals surface area contributed by atoms with E-state index in [1.54, 1.807) is 38.3 Å². The summed E-state index contributed by atoms with van der Waals surface area (Å²) < 4.78 is 30.7. The number of rotatable bonds is 4. The largest absolute Gasteiger partial charge is 0.497 e. The average Bonchev–Trinajstić information content (AvgIpc) is 2.25. The van der Waals surface area contributed by atoms with Crippen molar-refractivity contribution in [3.05, 3.63) is 29.8 Å². The molecule has 0 radical (unpaired) electrons. The number of hydrogen-bond acceptors (Lipinski definition) is 5. The molecule has 16 heavy (non-hydrogen) atoms.